The highest BCUT2D eigenvalue weighted by Gasteiger charge is 2.25. The van der Waals surface area contributed by atoms with Crippen LogP contribution in [-0.4, -0.2) is 43.4 Å². The average Bonchev–Trinajstić information content (AvgIpc) is 3.42. The number of hydrogen-bond donors (Lipinski definition) is 2. The molecule has 7 nitrogen and oxygen atoms in total. The minimum absolute atomic E-state index is 0.0255. The first kappa shape index (κ1) is 19.9. The molecule has 3 rings (SSSR count). The molecule has 0 radical (unpaired) electrons. The summed E-state index contributed by atoms with van der Waals surface area (Å²) in [5.74, 6) is -1.74. The van der Waals surface area contributed by atoms with Crippen molar-refractivity contribution in [1.82, 2.24) is 0 Å². The van der Waals surface area contributed by atoms with E-state index < -0.39 is 21.8 Å². The normalized spacial score (nSPS) is 13.9. The van der Waals surface area contributed by atoms with Gasteiger partial charge in [-0.05, 0) is 61.6 Å². The Hall–Kier alpha value is -2.87. The summed E-state index contributed by atoms with van der Waals surface area (Å²) in [6, 6.07) is 6.84. The number of carboxylic acid groups (broad SMARTS) is 2. The summed E-state index contributed by atoms with van der Waals surface area (Å²) < 4.78 is 29.8. The number of aromatic carboxylic acids is 2. The van der Waals surface area contributed by atoms with Crippen LogP contribution in [0.4, 0.5) is 0 Å². The Morgan fingerprint density at radius 1 is 1.04 bits per heavy atom. The van der Waals surface area contributed by atoms with Crippen molar-refractivity contribution >= 4 is 21.8 Å². The molecule has 1 aliphatic rings. The van der Waals surface area contributed by atoms with Gasteiger partial charge in [-0.1, -0.05) is 0 Å². The van der Waals surface area contributed by atoms with Gasteiger partial charge in [-0.3, -0.25) is 0 Å². The van der Waals surface area contributed by atoms with E-state index in [4.69, 9.17) is 4.74 Å². The number of ether oxygens (including phenoxy) is 1. The molecule has 148 valence electrons. The molecular weight excluding hydrogens is 384 g/mol. The molecular formula is C20H20O7S. The Kier molecular flexibility index (Phi) is 5.16. The zero-order chi connectivity index (χ0) is 20.6. The molecule has 0 saturated heterocycles. The summed E-state index contributed by atoms with van der Waals surface area (Å²) in [5, 5.41) is 18.9. The molecule has 2 aromatic carbocycles. The highest BCUT2D eigenvalue weighted by atomic mass is 32.2. The zero-order valence-corrected chi connectivity index (χ0v) is 16.2. The minimum Gasteiger partial charge on any atom is -0.493 e. The standard InChI is InChI=1S/C20H20O7S/c1-11-7-15(17(20(23)24)9-14(11)19(21)22)16-8-13(28(2,25)26)5-6-18(16)27-10-12-3-4-12/h5-9,12H,3-4,10H2,1-2H3,(H,21,22)(H,23,24). The molecule has 28 heavy (non-hydrogen) atoms. The van der Waals surface area contributed by atoms with E-state index >= 15 is 0 Å². The highest BCUT2D eigenvalue weighted by molar-refractivity contribution is 7.90. The lowest BCUT2D eigenvalue weighted by Crippen LogP contribution is -2.08. The number of carboxylic acids is 2. The van der Waals surface area contributed by atoms with Gasteiger partial charge in [-0.15, -0.1) is 0 Å². The van der Waals surface area contributed by atoms with E-state index in [-0.39, 0.29) is 21.6 Å². The number of sulfone groups is 1. The van der Waals surface area contributed by atoms with Crippen LogP contribution >= 0.6 is 0 Å². The van der Waals surface area contributed by atoms with E-state index in [2.05, 4.69) is 0 Å². The van der Waals surface area contributed by atoms with Gasteiger partial charge >= 0.3 is 11.9 Å². The van der Waals surface area contributed by atoms with E-state index in [0.717, 1.165) is 25.2 Å². The van der Waals surface area contributed by atoms with Crippen LogP contribution in [0, 0.1) is 12.8 Å². The largest absolute Gasteiger partial charge is 0.493 e. The van der Waals surface area contributed by atoms with Crippen molar-refractivity contribution in [2.45, 2.75) is 24.7 Å². The van der Waals surface area contributed by atoms with Gasteiger partial charge in [0, 0.05) is 17.4 Å². The summed E-state index contributed by atoms with van der Waals surface area (Å²) in [5.41, 5.74) is 0.531. The fraction of sp³-hybridized carbons (Fsp3) is 0.300. The molecule has 0 aliphatic heterocycles. The first-order valence-electron chi connectivity index (χ1n) is 8.66. The Bertz CT molecular complexity index is 1070. The number of hydrogen-bond acceptors (Lipinski definition) is 5. The fourth-order valence-electron chi connectivity index (χ4n) is 2.91. The van der Waals surface area contributed by atoms with Crippen molar-refractivity contribution < 1.29 is 33.0 Å². The second kappa shape index (κ2) is 7.27. The van der Waals surface area contributed by atoms with E-state index in [1.165, 1.54) is 24.3 Å². The molecule has 0 aromatic heterocycles. The van der Waals surface area contributed by atoms with Crippen molar-refractivity contribution in [3.05, 3.63) is 47.0 Å². The third-order valence-corrected chi connectivity index (χ3v) is 5.78. The van der Waals surface area contributed by atoms with E-state index in [9.17, 15) is 28.2 Å². The molecule has 1 aliphatic carbocycles. The average molecular weight is 404 g/mol. The van der Waals surface area contributed by atoms with Gasteiger partial charge in [0.25, 0.3) is 0 Å². The van der Waals surface area contributed by atoms with Crippen LogP contribution < -0.4 is 4.74 Å². The van der Waals surface area contributed by atoms with Crippen molar-refractivity contribution in [2.75, 3.05) is 12.9 Å². The van der Waals surface area contributed by atoms with Crippen LogP contribution in [0.3, 0.4) is 0 Å². The molecule has 0 spiro atoms. The van der Waals surface area contributed by atoms with Crippen LogP contribution in [0.1, 0.15) is 39.1 Å². The first-order chi connectivity index (χ1) is 13.1. The van der Waals surface area contributed by atoms with Crippen molar-refractivity contribution in [1.29, 1.82) is 0 Å². The molecule has 1 fully saturated rings. The SMILES string of the molecule is Cc1cc(-c2cc(S(C)(=O)=O)ccc2OCC2CC2)c(C(=O)O)cc1C(=O)O. The lowest BCUT2D eigenvalue weighted by molar-refractivity contribution is 0.0695. The predicted octanol–water partition coefficient (Wildman–Crippen LogP) is 3.25. The Morgan fingerprint density at radius 2 is 1.68 bits per heavy atom. The van der Waals surface area contributed by atoms with Gasteiger partial charge in [0.05, 0.1) is 22.6 Å². The van der Waals surface area contributed by atoms with Crippen LogP contribution in [0.2, 0.25) is 0 Å². The Balaban J connectivity index is 2.23. The van der Waals surface area contributed by atoms with Gasteiger partial charge in [0.15, 0.2) is 9.84 Å². The number of benzene rings is 2. The molecule has 2 aromatic rings. The van der Waals surface area contributed by atoms with E-state index in [1.807, 2.05) is 0 Å². The van der Waals surface area contributed by atoms with Crippen LogP contribution in [-0.2, 0) is 9.84 Å². The molecule has 0 unspecified atom stereocenters. The Labute approximate surface area is 162 Å². The van der Waals surface area contributed by atoms with Crippen molar-refractivity contribution in [3.63, 3.8) is 0 Å². The molecule has 0 amide bonds. The van der Waals surface area contributed by atoms with Gasteiger partial charge < -0.3 is 14.9 Å². The molecule has 0 atom stereocenters. The molecule has 0 bridgehead atoms. The minimum atomic E-state index is -3.53. The second-order valence-corrected chi connectivity index (χ2v) is 9.02. The van der Waals surface area contributed by atoms with Crippen LogP contribution in [0.25, 0.3) is 11.1 Å². The molecule has 0 heterocycles. The maximum absolute atomic E-state index is 12.0. The quantitative estimate of drug-likeness (QED) is 0.727. The third kappa shape index (κ3) is 4.17. The highest BCUT2D eigenvalue weighted by Crippen LogP contribution is 2.38. The van der Waals surface area contributed by atoms with Crippen LogP contribution in [0.15, 0.2) is 35.2 Å². The molecule has 1 saturated carbocycles. The van der Waals surface area contributed by atoms with Gasteiger partial charge in [-0.2, -0.15) is 0 Å². The maximum Gasteiger partial charge on any atom is 0.336 e. The van der Waals surface area contributed by atoms with E-state index in [0.29, 0.717) is 29.4 Å². The summed E-state index contributed by atoms with van der Waals surface area (Å²) in [4.78, 5) is 23.2. The Morgan fingerprint density at radius 3 is 2.21 bits per heavy atom. The number of aryl methyl sites for hydroxylation is 1. The molecule has 8 heteroatoms. The second-order valence-electron chi connectivity index (χ2n) is 7.01. The first-order valence-corrected chi connectivity index (χ1v) is 10.6. The summed E-state index contributed by atoms with van der Waals surface area (Å²) in [6.07, 6.45) is 3.18. The fourth-order valence-corrected chi connectivity index (χ4v) is 3.55. The predicted molar refractivity (Wildman–Crippen MR) is 102 cm³/mol. The topological polar surface area (TPSA) is 118 Å². The monoisotopic (exact) mass is 404 g/mol. The summed E-state index contributed by atoms with van der Waals surface area (Å²) in [7, 11) is -3.53. The lowest BCUT2D eigenvalue weighted by Gasteiger charge is -2.16. The number of carbonyl (C=O) groups is 2. The summed E-state index contributed by atoms with van der Waals surface area (Å²) in [6.45, 7) is 2.02. The van der Waals surface area contributed by atoms with Crippen LogP contribution in [0.5, 0.6) is 5.75 Å². The maximum atomic E-state index is 12.0. The van der Waals surface area contributed by atoms with E-state index in [1.54, 1.807) is 6.92 Å². The van der Waals surface area contributed by atoms with Crippen molar-refractivity contribution in [2.24, 2.45) is 5.92 Å². The van der Waals surface area contributed by atoms with Crippen molar-refractivity contribution in [3.8, 4) is 16.9 Å². The zero-order valence-electron chi connectivity index (χ0n) is 15.4. The van der Waals surface area contributed by atoms with Gasteiger partial charge in [0.2, 0.25) is 0 Å². The summed E-state index contributed by atoms with van der Waals surface area (Å²) >= 11 is 0. The molecule has 2 N–H and O–H groups in total. The third-order valence-electron chi connectivity index (χ3n) is 4.67. The lowest BCUT2D eigenvalue weighted by atomic mass is 9.93. The number of rotatable bonds is 7. The smallest absolute Gasteiger partial charge is 0.336 e. The van der Waals surface area contributed by atoms with Gasteiger partial charge in [-0.25, -0.2) is 18.0 Å². The van der Waals surface area contributed by atoms with Gasteiger partial charge in [0.1, 0.15) is 5.75 Å².